The Morgan fingerprint density at radius 1 is 1.28 bits per heavy atom. The van der Waals surface area contributed by atoms with Gasteiger partial charge < -0.3 is 9.80 Å². The van der Waals surface area contributed by atoms with Gasteiger partial charge in [-0.05, 0) is 26.2 Å². The molecule has 0 bridgehead atoms. The number of nitrogens with one attached hydrogen (secondary N) is 1. The largest absolute Gasteiger partial charge is 0.340 e. The lowest BCUT2D eigenvalue weighted by atomic mass is 10.1. The highest BCUT2D eigenvalue weighted by atomic mass is 16.2. The lowest BCUT2D eigenvalue weighted by molar-refractivity contribution is 0.0786. The van der Waals surface area contributed by atoms with Gasteiger partial charge in [-0.15, -0.1) is 0 Å². The summed E-state index contributed by atoms with van der Waals surface area (Å²) >= 11 is 0. The number of hydrogen-bond donors (Lipinski definition) is 1. The van der Waals surface area contributed by atoms with Crippen LogP contribution in [0.2, 0.25) is 0 Å². The third kappa shape index (κ3) is 2.68. The van der Waals surface area contributed by atoms with Crippen molar-refractivity contribution in [2.24, 2.45) is 0 Å². The molecular weight excluding hydrogens is 228 g/mol. The van der Waals surface area contributed by atoms with Gasteiger partial charge in [0.05, 0.1) is 11.7 Å². The minimum Gasteiger partial charge on any atom is -0.340 e. The molecule has 2 aromatic rings. The number of carbonyl (C=O) groups is 1. The van der Waals surface area contributed by atoms with Gasteiger partial charge in [0.15, 0.2) is 0 Å². The monoisotopic (exact) mass is 246 g/mol. The van der Waals surface area contributed by atoms with Crippen LogP contribution in [0.3, 0.4) is 0 Å². The minimum atomic E-state index is 0.0355. The maximum Gasteiger partial charge on any atom is 0.253 e. The van der Waals surface area contributed by atoms with Crippen LogP contribution in [0.1, 0.15) is 10.4 Å². The molecule has 0 saturated carbocycles. The van der Waals surface area contributed by atoms with Crippen LogP contribution in [0, 0.1) is 0 Å². The van der Waals surface area contributed by atoms with Gasteiger partial charge in [-0.2, -0.15) is 5.10 Å². The third-order valence-electron chi connectivity index (χ3n) is 2.92. The Hall–Kier alpha value is -1.88. The molecule has 0 unspecified atom stereocenters. The SMILES string of the molecule is CN(C)CCN(C)C(=O)c1ccc2cn[nH]c2c1. The predicted molar refractivity (Wildman–Crippen MR) is 71.6 cm³/mol. The zero-order chi connectivity index (χ0) is 13.1. The van der Waals surface area contributed by atoms with Crippen molar-refractivity contribution < 1.29 is 4.79 Å². The Bertz CT molecular complexity index is 547. The first kappa shape index (κ1) is 12.6. The van der Waals surface area contributed by atoms with Crippen LogP contribution in [-0.2, 0) is 0 Å². The van der Waals surface area contributed by atoms with Crippen LogP contribution in [-0.4, -0.2) is 60.1 Å². The fourth-order valence-corrected chi connectivity index (χ4v) is 1.74. The van der Waals surface area contributed by atoms with E-state index in [9.17, 15) is 4.79 Å². The van der Waals surface area contributed by atoms with Gasteiger partial charge >= 0.3 is 0 Å². The summed E-state index contributed by atoms with van der Waals surface area (Å²) < 4.78 is 0. The molecule has 1 aromatic carbocycles. The van der Waals surface area contributed by atoms with E-state index in [-0.39, 0.29) is 5.91 Å². The van der Waals surface area contributed by atoms with Gasteiger partial charge in [0.25, 0.3) is 5.91 Å². The van der Waals surface area contributed by atoms with Crippen LogP contribution in [0.15, 0.2) is 24.4 Å². The predicted octanol–water partition coefficient (Wildman–Crippen LogP) is 1.20. The lowest BCUT2D eigenvalue weighted by Crippen LogP contribution is -2.33. The Morgan fingerprint density at radius 2 is 2.06 bits per heavy atom. The molecule has 1 aromatic heterocycles. The van der Waals surface area contributed by atoms with Crippen molar-refractivity contribution in [3.05, 3.63) is 30.0 Å². The van der Waals surface area contributed by atoms with Crippen molar-refractivity contribution in [1.29, 1.82) is 0 Å². The molecule has 1 heterocycles. The average molecular weight is 246 g/mol. The normalized spacial score (nSPS) is 11.1. The number of hydrogen-bond acceptors (Lipinski definition) is 3. The van der Waals surface area contributed by atoms with E-state index in [0.717, 1.165) is 17.4 Å². The van der Waals surface area contributed by atoms with Crippen molar-refractivity contribution in [3.8, 4) is 0 Å². The zero-order valence-corrected chi connectivity index (χ0v) is 11.0. The minimum absolute atomic E-state index is 0.0355. The Morgan fingerprint density at radius 3 is 2.78 bits per heavy atom. The van der Waals surface area contributed by atoms with E-state index in [1.54, 1.807) is 11.1 Å². The molecule has 0 fully saturated rings. The molecule has 1 amide bonds. The van der Waals surface area contributed by atoms with E-state index in [0.29, 0.717) is 12.1 Å². The van der Waals surface area contributed by atoms with Crippen LogP contribution in [0.5, 0.6) is 0 Å². The highest BCUT2D eigenvalue weighted by Gasteiger charge is 2.12. The van der Waals surface area contributed by atoms with E-state index >= 15 is 0 Å². The molecule has 96 valence electrons. The molecule has 18 heavy (non-hydrogen) atoms. The van der Waals surface area contributed by atoms with E-state index in [1.807, 2.05) is 39.3 Å². The van der Waals surface area contributed by atoms with Crippen molar-refractivity contribution in [2.75, 3.05) is 34.2 Å². The molecule has 0 spiro atoms. The standard InChI is InChI=1S/C13H18N4O/c1-16(2)6-7-17(3)13(18)10-4-5-11-9-14-15-12(11)8-10/h4-5,8-9H,6-7H2,1-3H3,(H,14,15). The first-order valence-electron chi connectivity index (χ1n) is 5.91. The second-order valence-corrected chi connectivity index (χ2v) is 4.70. The summed E-state index contributed by atoms with van der Waals surface area (Å²) in [6, 6.07) is 5.59. The fraction of sp³-hybridized carbons (Fsp3) is 0.385. The summed E-state index contributed by atoms with van der Waals surface area (Å²) in [6.45, 7) is 1.57. The van der Waals surface area contributed by atoms with Gasteiger partial charge in [0, 0.05) is 31.1 Å². The summed E-state index contributed by atoms with van der Waals surface area (Å²) in [5.41, 5.74) is 1.58. The third-order valence-corrected chi connectivity index (χ3v) is 2.92. The Balaban J connectivity index is 2.12. The maximum atomic E-state index is 12.2. The van der Waals surface area contributed by atoms with Gasteiger partial charge in [0.1, 0.15) is 0 Å². The Kier molecular flexibility index (Phi) is 3.62. The number of likely N-dealkylation sites (N-methyl/N-ethyl adjacent to an activating group) is 2. The number of aromatic nitrogens is 2. The quantitative estimate of drug-likeness (QED) is 0.882. The van der Waals surface area contributed by atoms with E-state index < -0.39 is 0 Å². The van der Waals surface area contributed by atoms with Gasteiger partial charge in [-0.1, -0.05) is 6.07 Å². The molecule has 5 nitrogen and oxygen atoms in total. The molecule has 2 rings (SSSR count). The molecule has 1 N–H and O–H groups in total. The fourth-order valence-electron chi connectivity index (χ4n) is 1.74. The van der Waals surface area contributed by atoms with Gasteiger partial charge in [-0.3, -0.25) is 9.89 Å². The number of benzene rings is 1. The van der Waals surface area contributed by atoms with Crippen LogP contribution < -0.4 is 0 Å². The second-order valence-electron chi connectivity index (χ2n) is 4.70. The second kappa shape index (κ2) is 5.18. The number of rotatable bonds is 4. The summed E-state index contributed by atoms with van der Waals surface area (Å²) in [5.74, 6) is 0.0355. The van der Waals surface area contributed by atoms with Gasteiger partial charge in [0.2, 0.25) is 0 Å². The van der Waals surface area contributed by atoms with Crippen LogP contribution in [0.4, 0.5) is 0 Å². The van der Waals surface area contributed by atoms with Gasteiger partial charge in [-0.25, -0.2) is 0 Å². The topological polar surface area (TPSA) is 52.2 Å². The molecule has 0 aliphatic carbocycles. The molecule has 0 aliphatic heterocycles. The first-order chi connectivity index (χ1) is 8.58. The molecule has 0 saturated heterocycles. The number of nitrogens with zero attached hydrogens (tertiary/aromatic N) is 3. The number of fused-ring (bicyclic) bond motifs is 1. The van der Waals surface area contributed by atoms with Crippen LogP contribution in [0.25, 0.3) is 10.9 Å². The number of aromatic amines is 1. The van der Waals surface area contributed by atoms with Crippen LogP contribution >= 0.6 is 0 Å². The highest BCUT2D eigenvalue weighted by molar-refractivity contribution is 5.97. The van der Waals surface area contributed by atoms with Crippen molar-refractivity contribution >= 4 is 16.8 Å². The zero-order valence-electron chi connectivity index (χ0n) is 11.0. The number of carbonyl (C=O) groups excluding carboxylic acids is 1. The average Bonchev–Trinajstić information content (AvgIpc) is 2.81. The van der Waals surface area contributed by atoms with Crippen molar-refractivity contribution in [3.63, 3.8) is 0 Å². The molecule has 0 aliphatic rings. The van der Waals surface area contributed by atoms with Crippen molar-refractivity contribution in [2.45, 2.75) is 0 Å². The summed E-state index contributed by atoms with van der Waals surface area (Å²) in [7, 11) is 5.81. The summed E-state index contributed by atoms with van der Waals surface area (Å²) in [4.78, 5) is 16.0. The highest BCUT2D eigenvalue weighted by Crippen LogP contribution is 2.13. The van der Waals surface area contributed by atoms with Crippen molar-refractivity contribution in [1.82, 2.24) is 20.0 Å². The maximum absolute atomic E-state index is 12.2. The van der Waals surface area contributed by atoms with E-state index in [1.165, 1.54) is 0 Å². The first-order valence-corrected chi connectivity index (χ1v) is 5.91. The number of H-pyrrole nitrogens is 1. The summed E-state index contributed by atoms with van der Waals surface area (Å²) in [5, 5.41) is 7.84. The Labute approximate surface area is 106 Å². The molecule has 5 heteroatoms. The number of amides is 1. The van der Waals surface area contributed by atoms with E-state index in [4.69, 9.17) is 0 Å². The molecule has 0 radical (unpaired) electrons. The molecular formula is C13H18N4O. The lowest BCUT2D eigenvalue weighted by Gasteiger charge is -2.19. The summed E-state index contributed by atoms with van der Waals surface area (Å²) in [6.07, 6.45) is 1.75. The van der Waals surface area contributed by atoms with E-state index in [2.05, 4.69) is 15.1 Å². The smallest absolute Gasteiger partial charge is 0.253 e. The molecule has 0 atom stereocenters.